The molecule has 1 atom stereocenters. The zero-order valence-corrected chi connectivity index (χ0v) is 15.2. The number of hydrogen-bond donors (Lipinski definition) is 2. The van der Waals surface area contributed by atoms with Crippen LogP contribution in [0.2, 0.25) is 0 Å². The molecule has 0 radical (unpaired) electrons. The fraction of sp³-hybridized carbons (Fsp3) is 0.350. The number of anilines is 1. The second-order valence-corrected chi connectivity index (χ2v) is 6.41. The van der Waals surface area contributed by atoms with E-state index in [0.717, 1.165) is 5.69 Å². The number of carbonyl (C=O) groups excluding carboxylic acids is 1. The van der Waals surface area contributed by atoms with E-state index < -0.39 is 6.10 Å². The Balaban J connectivity index is 1.98. The van der Waals surface area contributed by atoms with Gasteiger partial charge in [0, 0.05) is 31.9 Å². The van der Waals surface area contributed by atoms with Gasteiger partial charge in [0.2, 0.25) is 0 Å². The third-order valence-corrected chi connectivity index (χ3v) is 3.70. The maximum atomic E-state index is 12.3. The third kappa shape index (κ3) is 5.50. The van der Waals surface area contributed by atoms with E-state index in [1.807, 2.05) is 69.2 Å². The molecule has 0 aliphatic rings. The molecular formula is C20H26N2O3. The molecule has 2 aromatic rings. The number of carbonyl (C=O) groups is 1. The maximum absolute atomic E-state index is 12.3. The van der Waals surface area contributed by atoms with Crippen LogP contribution < -0.4 is 15.0 Å². The number of nitrogens with one attached hydrogen (secondary N) is 1. The van der Waals surface area contributed by atoms with Crippen LogP contribution in [0, 0.1) is 0 Å². The zero-order valence-electron chi connectivity index (χ0n) is 15.2. The molecule has 25 heavy (non-hydrogen) atoms. The first-order chi connectivity index (χ1) is 11.9. The van der Waals surface area contributed by atoms with Crippen molar-refractivity contribution >= 4 is 11.6 Å². The summed E-state index contributed by atoms with van der Waals surface area (Å²) < 4.78 is 5.63. The molecule has 2 aromatic carbocycles. The standard InChI is InChI=1S/C20H26N2O3/c1-14(2)25-18-10-6-7-15(12-18)19(23)13-21-20(24)16-8-5-9-17(11-16)22(3)4/h5-12,14,19,23H,13H2,1-4H3,(H,21,24). The zero-order chi connectivity index (χ0) is 18.4. The Labute approximate surface area is 149 Å². The average Bonchev–Trinajstić information content (AvgIpc) is 2.59. The highest BCUT2D eigenvalue weighted by molar-refractivity contribution is 5.95. The molecule has 0 aliphatic carbocycles. The average molecular weight is 342 g/mol. The Bertz CT molecular complexity index is 714. The molecule has 0 aromatic heterocycles. The summed E-state index contributed by atoms with van der Waals surface area (Å²) in [7, 11) is 3.85. The van der Waals surface area contributed by atoms with Gasteiger partial charge in [0.25, 0.3) is 5.91 Å². The van der Waals surface area contributed by atoms with Crippen molar-refractivity contribution in [3.05, 3.63) is 59.7 Å². The fourth-order valence-electron chi connectivity index (χ4n) is 2.40. The molecule has 5 heteroatoms. The number of hydrogen-bond acceptors (Lipinski definition) is 4. The van der Waals surface area contributed by atoms with E-state index in [2.05, 4.69) is 5.32 Å². The van der Waals surface area contributed by atoms with Gasteiger partial charge in [0.15, 0.2) is 0 Å². The second kappa shape index (κ2) is 8.53. The molecule has 0 aliphatic heterocycles. The number of aliphatic hydroxyl groups excluding tert-OH is 1. The van der Waals surface area contributed by atoms with Gasteiger partial charge in [-0.1, -0.05) is 18.2 Å². The number of nitrogens with zero attached hydrogens (tertiary/aromatic N) is 1. The van der Waals surface area contributed by atoms with E-state index in [9.17, 15) is 9.90 Å². The predicted octanol–water partition coefficient (Wildman–Crippen LogP) is 3.00. The third-order valence-electron chi connectivity index (χ3n) is 3.70. The Morgan fingerprint density at radius 2 is 1.88 bits per heavy atom. The van der Waals surface area contributed by atoms with Crippen LogP contribution in [0.1, 0.15) is 35.9 Å². The predicted molar refractivity (Wildman–Crippen MR) is 100 cm³/mol. The van der Waals surface area contributed by atoms with E-state index >= 15 is 0 Å². The number of rotatable bonds is 7. The first-order valence-electron chi connectivity index (χ1n) is 8.37. The normalized spacial score (nSPS) is 11.9. The van der Waals surface area contributed by atoms with Gasteiger partial charge in [0.1, 0.15) is 5.75 Å². The molecule has 1 amide bonds. The summed E-state index contributed by atoms with van der Waals surface area (Å²) in [5, 5.41) is 13.1. The molecule has 0 spiro atoms. The monoisotopic (exact) mass is 342 g/mol. The van der Waals surface area contributed by atoms with Crippen LogP contribution in [0.25, 0.3) is 0 Å². The summed E-state index contributed by atoms with van der Waals surface area (Å²) >= 11 is 0. The largest absolute Gasteiger partial charge is 0.491 e. The van der Waals surface area contributed by atoms with Crippen molar-refractivity contribution in [3.63, 3.8) is 0 Å². The number of benzene rings is 2. The first-order valence-corrected chi connectivity index (χ1v) is 8.37. The Kier molecular flexibility index (Phi) is 6.42. The van der Waals surface area contributed by atoms with Crippen LogP contribution in [-0.2, 0) is 0 Å². The SMILES string of the molecule is CC(C)Oc1cccc(C(O)CNC(=O)c2cccc(N(C)C)c2)c1. The summed E-state index contributed by atoms with van der Waals surface area (Å²) in [6, 6.07) is 14.6. The van der Waals surface area contributed by atoms with Gasteiger partial charge in [-0.15, -0.1) is 0 Å². The highest BCUT2D eigenvalue weighted by Crippen LogP contribution is 2.20. The van der Waals surface area contributed by atoms with Crippen LogP contribution in [0.15, 0.2) is 48.5 Å². The van der Waals surface area contributed by atoms with Crippen molar-refractivity contribution in [2.24, 2.45) is 0 Å². The van der Waals surface area contributed by atoms with Crippen LogP contribution in [0.5, 0.6) is 5.75 Å². The number of ether oxygens (including phenoxy) is 1. The van der Waals surface area contributed by atoms with E-state index in [4.69, 9.17) is 4.74 Å². The topological polar surface area (TPSA) is 61.8 Å². The van der Waals surface area contributed by atoms with Crippen molar-refractivity contribution in [2.45, 2.75) is 26.1 Å². The minimum absolute atomic E-state index is 0.0658. The molecule has 0 saturated heterocycles. The molecule has 0 heterocycles. The van der Waals surface area contributed by atoms with Gasteiger partial charge in [-0.25, -0.2) is 0 Å². The lowest BCUT2D eigenvalue weighted by Gasteiger charge is -2.16. The molecule has 134 valence electrons. The highest BCUT2D eigenvalue weighted by atomic mass is 16.5. The van der Waals surface area contributed by atoms with Crippen molar-refractivity contribution in [1.29, 1.82) is 0 Å². The van der Waals surface area contributed by atoms with Gasteiger partial charge in [-0.3, -0.25) is 4.79 Å². The molecular weight excluding hydrogens is 316 g/mol. The molecule has 1 unspecified atom stereocenters. The van der Waals surface area contributed by atoms with Crippen LogP contribution in [0.3, 0.4) is 0 Å². The lowest BCUT2D eigenvalue weighted by atomic mass is 10.1. The first kappa shape index (κ1) is 18.8. The fourth-order valence-corrected chi connectivity index (χ4v) is 2.40. The van der Waals surface area contributed by atoms with E-state index in [1.54, 1.807) is 12.1 Å². The summed E-state index contributed by atoms with van der Waals surface area (Å²) in [4.78, 5) is 14.2. The molecule has 2 N–H and O–H groups in total. The Morgan fingerprint density at radius 1 is 1.16 bits per heavy atom. The smallest absolute Gasteiger partial charge is 0.251 e. The van der Waals surface area contributed by atoms with Crippen LogP contribution >= 0.6 is 0 Å². The van der Waals surface area contributed by atoms with Gasteiger partial charge < -0.3 is 20.1 Å². The molecule has 0 bridgehead atoms. The quantitative estimate of drug-likeness (QED) is 0.812. The minimum atomic E-state index is -0.795. The number of aliphatic hydroxyl groups is 1. The van der Waals surface area contributed by atoms with Crippen LogP contribution in [-0.4, -0.2) is 37.8 Å². The van der Waals surface area contributed by atoms with Crippen molar-refractivity contribution in [2.75, 3.05) is 25.5 Å². The summed E-state index contributed by atoms with van der Waals surface area (Å²) in [6.07, 6.45) is -0.729. The molecule has 0 fully saturated rings. The minimum Gasteiger partial charge on any atom is -0.491 e. The number of amides is 1. The van der Waals surface area contributed by atoms with Crippen molar-refractivity contribution in [1.82, 2.24) is 5.32 Å². The summed E-state index contributed by atoms with van der Waals surface area (Å²) in [5.41, 5.74) is 2.22. The second-order valence-electron chi connectivity index (χ2n) is 6.41. The highest BCUT2D eigenvalue weighted by Gasteiger charge is 2.12. The van der Waals surface area contributed by atoms with E-state index in [-0.39, 0.29) is 18.6 Å². The summed E-state index contributed by atoms with van der Waals surface area (Å²) in [5.74, 6) is 0.494. The lowest BCUT2D eigenvalue weighted by Crippen LogP contribution is -2.28. The van der Waals surface area contributed by atoms with Crippen LogP contribution in [0.4, 0.5) is 5.69 Å². The Hall–Kier alpha value is -2.53. The van der Waals surface area contributed by atoms with Gasteiger partial charge in [-0.2, -0.15) is 0 Å². The van der Waals surface area contributed by atoms with Gasteiger partial charge in [-0.05, 0) is 49.7 Å². The molecule has 0 saturated carbocycles. The molecule has 5 nitrogen and oxygen atoms in total. The Morgan fingerprint density at radius 3 is 2.56 bits per heavy atom. The van der Waals surface area contributed by atoms with Gasteiger partial charge in [0.05, 0.1) is 12.2 Å². The van der Waals surface area contributed by atoms with Crippen molar-refractivity contribution in [3.8, 4) is 5.75 Å². The van der Waals surface area contributed by atoms with E-state index in [1.165, 1.54) is 0 Å². The lowest BCUT2D eigenvalue weighted by molar-refractivity contribution is 0.0916. The summed E-state index contributed by atoms with van der Waals surface area (Å²) in [6.45, 7) is 4.03. The van der Waals surface area contributed by atoms with Gasteiger partial charge >= 0.3 is 0 Å². The molecule has 2 rings (SSSR count). The van der Waals surface area contributed by atoms with E-state index in [0.29, 0.717) is 16.9 Å². The maximum Gasteiger partial charge on any atom is 0.251 e. The van der Waals surface area contributed by atoms with Crippen molar-refractivity contribution < 1.29 is 14.6 Å².